The molecule has 7 heteroatoms. The quantitative estimate of drug-likeness (QED) is 0.726. The number of carbonyl (C=O) groups excluding carboxylic acids is 3. The van der Waals surface area contributed by atoms with Crippen LogP contribution in [0, 0.1) is 0 Å². The number of H-pyrrole nitrogens is 1. The Bertz CT molecular complexity index is 989. The topological polar surface area (TPSA) is 79.5 Å². The van der Waals surface area contributed by atoms with Crippen molar-refractivity contribution in [3.63, 3.8) is 0 Å². The first-order valence-electron chi connectivity index (χ1n) is 7.03. The van der Waals surface area contributed by atoms with Gasteiger partial charge in [-0.15, -0.1) is 0 Å². The van der Waals surface area contributed by atoms with E-state index in [0.29, 0.717) is 15.6 Å². The number of aromatic amines is 1. The molecule has 1 aromatic heterocycles. The number of nitrogens with zero attached hydrogens (tertiary/aromatic N) is 1. The van der Waals surface area contributed by atoms with Crippen molar-refractivity contribution >= 4 is 40.3 Å². The first-order valence-corrected chi connectivity index (χ1v) is 7.41. The number of halogens is 1. The van der Waals surface area contributed by atoms with Crippen LogP contribution < -0.4 is 0 Å². The predicted molar refractivity (Wildman–Crippen MR) is 85.7 cm³/mol. The molecule has 0 radical (unpaired) electrons. The summed E-state index contributed by atoms with van der Waals surface area (Å²) in [4.78, 5) is 44.5. The zero-order chi connectivity index (χ0) is 16.8. The van der Waals surface area contributed by atoms with Gasteiger partial charge in [0.2, 0.25) is 0 Å². The minimum absolute atomic E-state index is 0.115. The van der Waals surface area contributed by atoms with Gasteiger partial charge in [0.05, 0.1) is 11.1 Å². The lowest BCUT2D eigenvalue weighted by Gasteiger charge is -2.11. The van der Waals surface area contributed by atoms with Gasteiger partial charge in [0.25, 0.3) is 11.8 Å². The van der Waals surface area contributed by atoms with Gasteiger partial charge in [-0.3, -0.25) is 9.59 Å². The molecule has 24 heavy (non-hydrogen) atoms. The molecule has 2 aromatic carbocycles. The van der Waals surface area contributed by atoms with E-state index >= 15 is 0 Å². The molecule has 2 heterocycles. The van der Waals surface area contributed by atoms with Crippen molar-refractivity contribution in [2.75, 3.05) is 0 Å². The van der Waals surface area contributed by atoms with Crippen molar-refractivity contribution in [1.82, 2.24) is 10.0 Å². The van der Waals surface area contributed by atoms with Gasteiger partial charge in [-0.1, -0.05) is 28.8 Å². The Hall–Kier alpha value is -3.12. The highest BCUT2D eigenvalue weighted by Crippen LogP contribution is 2.24. The van der Waals surface area contributed by atoms with Gasteiger partial charge in [-0.25, -0.2) is 4.79 Å². The van der Waals surface area contributed by atoms with E-state index in [9.17, 15) is 14.4 Å². The molecule has 2 amide bonds. The van der Waals surface area contributed by atoms with Crippen molar-refractivity contribution in [1.29, 1.82) is 0 Å². The Morgan fingerprint density at radius 3 is 2.33 bits per heavy atom. The lowest BCUT2D eigenvalue weighted by molar-refractivity contribution is -0.0587. The molecule has 0 unspecified atom stereocenters. The number of imide groups is 1. The van der Waals surface area contributed by atoms with Crippen molar-refractivity contribution < 1.29 is 19.2 Å². The van der Waals surface area contributed by atoms with Gasteiger partial charge >= 0.3 is 5.97 Å². The maximum absolute atomic E-state index is 12.3. The molecule has 0 spiro atoms. The van der Waals surface area contributed by atoms with E-state index in [1.54, 1.807) is 36.4 Å². The predicted octanol–water partition coefficient (Wildman–Crippen LogP) is 3.19. The maximum Gasteiger partial charge on any atom is 0.380 e. The summed E-state index contributed by atoms with van der Waals surface area (Å²) in [6.07, 6.45) is 0. The minimum atomic E-state index is -0.836. The van der Waals surface area contributed by atoms with E-state index < -0.39 is 17.8 Å². The largest absolute Gasteiger partial charge is 0.380 e. The molecule has 0 fully saturated rings. The summed E-state index contributed by atoms with van der Waals surface area (Å²) in [6.45, 7) is 0. The van der Waals surface area contributed by atoms with E-state index in [4.69, 9.17) is 16.4 Å². The van der Waals surface area contributed by atoms with Crippen molar-refractivity contribution in [2.45, 2.75) is 0 Å². The van der Waals surface area contributed by atoms with Gasteiger partial charge in [-0.05, 0) is 36.4 Å². The van der Waals surface area contributed by atoms with Gasteiger partial charge in [-0.2, -0.15) is 0 Å². The van der Waals surface area contributed by atoms with Crippen LogP contribution in [-0.2, 0) is 4.84 Å². The number of rotatable bonds is 2. The lowest BCUT2D eigenvalue weighted by Crippen LogP contribution is -2.32. The lowest BCUT2D eigenvalue weighted by atomic mass is 10.1. The van der Waals surface area contributed by atoms with Crippen LogP contribution in [0.5, 0.6) is 0 Å². The van der Waals surface area contributed by atoms with Crippen molar-refractivity contribution in [2.24, 2.45) is 0 Å². The highest BCUT2D eigenvalue weighted by Gasteiger charge is 2.38. The van der Waals surface area contributed by atoms with Crippen LogP contribution in [0.2, 0.25) is 5.02 Å². The average Bonchev–Trinajstić information content (AvgIpc) is 3.10. The van der Waals surface area contributed by atoms with Crippen LogP contribution in [-0.4, -0.2) is 27.8 Å². The van der Waals surface area contributed by atoms with Crippen LogP contribution >= 0.6 is 11.6 Å². The summed E-state index contributed by atoms with van der Waals surface area (Å²) in [7, 11) is 0. The first kappa shape index (κ1) is 14.5. The molecule has 0 bridgehead atoms. The molecule has 0 aliphatic carbocycles. The summed E-state index contributed by atoms with van der Waals surface area (Å²) in [5.41, 5.74) is 1.22. The smallest absolute Gasteiger partial charge is 0.349 e. The second-order valence-corrected chi connectivity index (χ2v) is 5.68. The number of amides is 2. The number of benzene rings is 2. The molecule has 3 aromatic rings. The van der Waals surface area contributed by atoms with E-state index in [0.717, 1.165) is 5.39 Å². The number of hydrogen-bond acceptors (Lipinski definition) is 4. The molecule has 4 rings (SSSR count). The van der Waals surface area contributed by atoms with E-state index in [2.05, 4.69) is 4.98 Å². The van der Waals surface area contributed by atoms with Crippen molar-refractivity contribution in [3.05, 3.63) is 70.4 Å². The Labute approximate surface area is 140 Å². The van der Waals surface area contributed by atoms with Gasteiger partial charge in [0.1, 0.15) is 5.69 Å². The highest BCUT2D eigenvalue weighted by molar-refractivity contribution is 6.31. The molecule has 0 saturated carbocycles. The van der Waals surface area contributed by atoms with Gasteiger partial charge in [0.15, 0.2) is 0 Å². The third-order valence-electron chi connectivity index (χ3n) is 3.73. The molecule has 0 saturated heterocycles. The summed E-state index contributed by atoms with van der Waals surface area (Å²) in [5.74, 6) is -2.16. The average molecular weight is 341 g/mol. The zero-order valence-corrected chi connectivity index (χ0v) is 12.8. The molecule has 0 atom stereocenters. The zero-order valence-electron chi connectivity index (χ0n) is 12.1. The van der Waals surface area contributed by atoms with Crippen molar-refractivity contribution in [3.8, 4) is 0 Å². The molecule has 1 N–H and O–H groups in total. The molecular weight excluding hydrogens is 332 g/mol. The fourth-order valence-electron chi connectivity index (χ4n) is 2.60. The number of hydroxylamine groups is 2. The summed E-state index contributed by atoms with van der Waals surface area (Å²) < 4.78 is 0. The SMILES string of the molecule is O=C(ON1C(=O)c2ccccc2C1=O)c1cc2cc(Cl)ccc2[nH]1. The third kappa shape index (κ3) is 2.16. The standard InChI is InChI=1S/C17H9ClN2O4/c18-10-5-6-13-9(7-10)8-14(19-13)17(23)24-20-15(21)11-3-1-2-4-12(11)16(20)22/h1-8,19H. The summed E-state index contributed by atoms with van der Waals surface area (Å²) >= 11 is 5.91. The molecule has 1 aliphatic rings. The van der Waals surface area contributed by atoms with Crippen LogP contribution in [0.1, 0.15) is 31.2 Å². The Balaban J connectivity index is 1.62. The third-order valence-corrected chi connectivity index (χ3v) is 3.97. The Morgan fingerprint density at radius 2 is 1.67 bits per heavy atom. The molecular formula is C17H9ClN2O4. The van der Waals surface area contributed by atoms with Crippen LogP contribution in [0.4, 0.5) is 0 Å². The number of aromatic nitrogens is 1. The van der Waals surface area contributed by atoms with E-state index in [1.165, 1.54) is 12.1 Å². The number of fused-ring (bicyclic) bond motifs is 2. The number of nitrogens with one attached hydrogen (secondary N) is 1. The van der Waals surface area contributed by atoms with Crippen LogP contribution in [0.25, 0.3) is 10.9 Å². The van der Waals surface area contributed by atoms with Gasteiger partial charge in [0, 0.05) is 15.9 Å². The fraction of sp³-hybridized carbons (Fsp3) is 0. The maximum atomic E-state index is 12.3. The molecule has 118 valence electrons. The van der Waals surface area contributed by atoms with Crippen LogP contribution in [0.15, 0.2) is 48.5 Å². The Kier molecular flexibility index (Phi) is 3.14. The summed E-state index contributed by atoms with van der Waals surface area (Å²) in [5, 5.41) is 1.73. The first-order chi connectivity index (χ1) is 11.5. The Morgan fingerprint density at radius 1 is 1.00 bits per heavy atom. The normalized spacial score (nSPS) is 13.5. The van der Waals surface area contributed by atoms with E-state index in [1.807, 2.05) is 0 Å². The molecule has 1 aliphatic heterocycles. The second kappa shape index (κ2) is 5.21. The molecule has 6 nitrogen and oxygen atoms in total. The van der Waals surface area contributed by atoms with Gasteiger partial charge < -0.3 is 9.82 Å². The highest BCUT2D eigenvalue weighted by atomic mass is 35.5. The number of carbonyl (C=O) groups is 3. The monoisotopic (exact) mass is 340 g/mol. The summed E-state index contributed by atoms with van der Waals surface area (Å²) in [6, 6.07) is 12.9. The second-order valence-electron chi connectivity index (χ2n) is 5.24. The fourth-order valence-corrected chi connectivity index (χ4v) is 2.78. The minimum Gasteiger partial charge on any atom is -0.349 e. The number of hydrogen-bond donors (Lipinski definition) is 1. The van der Waals surface area contributed by atoms with Crippen LogP contribution in [0.3, 0.4) is 0 Å². The van der Waals surface area contributed by atoms with E-state index in [-0.39, 0.29) is 16.8 Å².